The second-order valence-electron chi connectivity index (χ2n) is 5.89. The van der Waals surface area contributed by atoms with Gasteiger partial charge in [-0.25, -0.2) is 4.39 Å². The van der Waals surface area contributed by atoms with Gasteiger partial charge in [-0.05, 0) is 24.6 Å². The molecule has 1 aromatic heterocycles. The maximum Gasteiger partial charge on any atom is 0.227 e. The average molecular weight is 317 g/mol. The Labute approximate surface area is 134 Å². The van der Waals surface area contributed by atoms with Crippen molar-refractivity contribution >= 4 is 5.91 Å². The van der Waals surface area contributed by atoms with Crippen LogP contribution in [0.1, 0.15) is 17.0 Å². The molecule has 1 aromatic carbocycles. The molecule has 1 fully saturated rings. The molecule has 1 amide bonds. The number of amides is 1. The van der Waals surface area contributed by atoms with Gasteiger partial charge < -0.3 is 9.42 Å². The molecule has 0 unspecified atom stereocenters. The Hall–Kier alpha value is -2.21. The molecular weight excluding hydrogens is 297 g/mol. The van der Waals surface area contributed by atoms with Crippen LogP contribution in [0.4, 0.5) is 4.39 Å². The minimum Gasteiger partial charge on any atom is -0.361 e. The number of carbonyl (C=O) groups is 1. The lowest BCUT2D eigenvalue weighted by atomic mass is 10.1. The average Bonchev–Trinajstić information content (AvgIpc) is 2.93. The second kappa shape index (κ2) is 6.91. The first-order valence-corrected chi connectivity index (χ1v) is 7.77. The van der Waals surface area contributed by atoms with E-state index >= 15 is 0 Å². The third-order valence-electron chi connectivity index (χ3n) is 4.03. The van der Waals surface area contributed by atoms with Crippen LogP contribution in [0.3, 0.4) is 0 Å². The Morgan fingerprint density at radius 1 is 1.26 bits per heavy atom. The maximum absolute atomic E-state index is 13.2. The van der Waals surface area contributed by atoms with Gasteiger partial charge >= 0.3 is 0 Å². The number of carbonyl (C=O) groups excluding carboxylic acids is 1. The van der Waals surface area contributed by atoms with E-state index in [2.05, 4.69) is 10.1 Å². The molecule has 0 spiro atoms. The lowest BCUT2D eigenvalue weighted by Gasteiger charge is -2.34. The van der Waals surface area contributed by atoms with Gasteiger partial charge in [0, 0.05) is 38.8 Å². The van der Waals surface area contributed by atoms with Crippen molar-refractivity contribution in [1.82, 2.24) is 15.0 Å². The molecule has 5 nitrogen and oxygen atoms in total. The van der Waals surface area contributed by atoms with Crippen LogP contribution in [0.2, 0.25) is 0 Å². The zero-order valence-electron chi connectivity index (χ0n) is 13.2. The normalized spacial score (nSPS) is 15.8. The third kappa shape index (κ3) is 4.16. The molecule has 0 N–H and O–H groups in total. The molecule has 1 saturated heterocycles. The van der Waals surface area contributed by atoms with Crippen molar-refractivity contribution in [2.24, 2.45) is 0 Å². The van der Waals surface area contributed by atoms with Crippen LogP contribution in [0, 0.1) is 12.7 Å². The van der Waals surface area contributed by atoms with Gasteiger partial charge in [0.2, 0.25) is 5.91 Å². The summed E-state index contributed by atoms with van der Waals surface area (Å²) in [6.07, 6.45) is 0.250. The smallest absolute Gasteiger partial charge is 0.227 e. The number of hydrogen-bond acceptors (Lipinski definition) is 4. The molecule has 23 heavy (non-hydrogen) atoms. The summed E-state index contributed by atoms with van der Waals surface area (Å²) in [5.41, 5.74) is 1.64. The molecule has 6 heteroatoms. The van der Waals surface area contributed by atoms with E-state index in [1.54, 1.807) is 12.1 Å². The van der Waals surface area contributed by atoms with E-state index in [1.807, 2.05) is 17.9 Å². The summed E-state index contributed by atoms with van der Waals surface area (Å²) >= 11 is 0. The molecule has 122 valence electrons. The number of rotatable bonds is 4. The molecule has 1 aliphatic rings. The summed E-state index contributed by atoms with van der Waals surface area (Å²) < 4.78 is 18.2. The highest BCUT2D eigenvalue weighted by atomic mass is 19.1. The zero-order chi connectivity index (χ0) is 16.2. The standard InChI is InChI=1S/C17H20FN3O2/c1-13-9-16(19-23-13)12-20-5-7-21(8-6-20)17(22)11-14-3-2-4-15(18)10-14/h2-4,9-10H,5-8,11-12H2,1H3. The summed E-state index contributed by atoms with van der Waals surface area (Å²) in [5.74, 6) is 0.555. The maximum atomic E-state index is 13.2. The molecule has 0 aliphatic carbocycles. The first-order chi connectivity index (χ1) is 11.1. The number of halogens is 1. The molecule has 2 heterocycles. The number of benzene rings is 1. The summed E-state index contributed by atoms with van der Waals surface area (Å²) in [4.78, 5) is 16.4. The number of aryl methyl sites for hydroxylation is 1. The van der Waals surface area contributed by atoms with E-state index in [0.717, 1.165) is 36.7 Å². The number of aromatic nitrogens is 1. The van der Waals surface area contributed by atoms with E-state index in [-0.39, 0.29) is 18.1 Å². The van der Waals surface area contributed by atoms with Gasteiger partial charge in [0.25, 0.3) is 0 Å². The van der Waals surface area contributed by atoms with Gasteiger partial charge in [-0.2, -0.15) is 0 Å². The quantitative estimate of drug-likeness (QED) is 0.865. The molecule has 0 bridgehead atoms. The highest BCUT2D eigenvalue weighted by molar-refractivity contribution is 5.78. The summed E-state index contributed by atoms with van der Waals surface area (Å²) in [5, 5.41) is 4.00. The third-order valence-corrected chi connectivity index (χ3v) is 4.03. The fourth-order valence-electron chi connectivity index (χ4n) is 2.81. The second-order valence-corrected chi connectivity index (χ2v) is 5.89. The van der Waals surface area contributed by atoms with Crippen LogP contribution in [0.15, 0.2) is 34.9 Å². The predicted molar refractivity (Wildman–Crippen MR) is 83.2 cm³/mol. The Morgan fingerprint density at radius 2 is 2.04 bits per heavy atom. The van der Waals surface area contributed by atoms with Gasteiger partial charge in [0.05, 0.1) is 12.1 Å². The van der Waals surface area contributed by atoms with E-state index in [1.165, 1.54) is 12.1 Å². The minimum atomic E-state index is -0.303. The molecule has 0 atom stereocenters. The molecule has 1 aliphatic heterocycles. The molecule has 0 radical (unpaired) electrons. The van der Waals surface area contributed by atoms with Gasteiger partial charge in [-0.1, -0.05) is 17.3 Å². The van der Waals surface area contributed by atoms with Gasteiger partial charge in [0.15, 0.2) is 0 Å². The first-order valence-electron chi connectivity index (χ1n) is 7.77. The lowest BCUT2D eigenvalue weighted by Crippen LogP contribution is -2.48. The van der Waals surface area contributed by atoms with E-state index < -0.39 is 0 Å². The fourth-order valence-corrected chi connectivity index (χ4v) is 2.81. The van der Waals surface area contributed by atoms with Crippen molar-refractivity contribution in [2.75, 3.05) is 26.2 Å². The largest absolute Gasteiger partial charge is 0.361 e. The van der Waals surface area contributed by atoms with Gasteiger partial charge in [-0.15, -0.1) is 0 Å². The number of nitrogens with zero attached hydrogens (tertiary/aromatic N) is 3. The van der Waals surface area contributed by atoms with Crippen LogP contribution in [0.25, 0.3) is 0 Å². The van der Waals surface area contributed by atoms with Crippen LogP contribution in [-0.4, -0.2) is 47.0 Å². The Morgan fingerprint density at radius 3 is 2.70 bits per heavy atom. The van der Waals surface area contributed by atoms with Crippen LogP contribution in [-0.2, 0) is 17.8 Å². The molecule has 2 aromatic rings. The summed E-state index contributed by atoms with van der Waals surface area (Å²) in [6.45, 7) is 5.60. The molecular formula is C17H20FN3O2. The van der Waals surface area contributed by atoms with Crippen molar-refractivity contribution in [1.29, 1.82) is 0 Å². The van der Waals surface area contributed by atoms with Crippen molar-refractivity contribution < 1.29 is 13.7 Å². The van der Waals surface area contributed by atoms with Crippen molar-refractivity contribution in [3.05, 3.63) is 53.2 Å². The van der Waals surface area contributed by atoms with Crippen LogP contribution in [0.5, 0.6) is 0 Å². The highest BCUT2D eigenvalue weighted by Crippen LogP contribution is 2.11. The molecule has 0 saturated carbocycles. The topological polar surface area (TPSA) is 49.6 Å². The van der Waals surface area contributed by atoms with Crippen molar-refractivity contribution in [3.63, 3.8) is 0 Å². The Kier molecular flexibility index (Phi) is 4.71. The first kappa shape index (κ1) is 15.7. The van der Waals surface area contributed by atoms with Crippen molar-refractivity contribution in [3.8, 4) is 0 Å². The zero-order valence-corrected chi connectivity index (χ0v) is 13.2. The van der Waals surface area contributed by atoms with E-state index in [4.69, 9.17) is 4.52 Å². The summed E-state index contributed by atoms with van der Waals surface area (Å²) in [6, 6.07) is 8.15. The fraction of sp³-hybridized carbons (Fsp3) is 0.412. The van der Waals surface area contributed by atoms with E-state index in [0.29, 0.717) is 13.1 Å². The predicted octanol–water partition coefficient (Wildman–Crippen LogP) is 2.01. The van der Waals surface area contributed by atoms with Crippen LogP contribution < -0.4 is 0 Å². The Bertz CT molecular complexity index is 678. The molecule has 3 rings (SSSR count). The van der Waals surface area contributed by atoms with Gasteiger partial charge in [-0.3, -0.25) is 9.69 Å². The lowest BCUT2D eigenvalue weighted by molar-refractivity contribution is -0.132. The van der Waals surface area contributed by atoms with Gasteiger partial charge in [0.1, 0.15) is 11.6 Å². The summed E-state index contributed by atoms with van der Waals surface area (Å²) in [7, 11) is 0. The number of hydrogen-bond donors (Lipinski definition) is 0. The highest BCUT2D eigenvalue weighted by Gasteiger charge is 2.21. The monoisotopic (exact) mass is 317 g/mol. The van der Waals surface area contributed by atoms with Crippen LogP contribution >= 0.6 is 0 Å². The SMILES string of the molecule is Cc1cc(CN2CCN(C(=O)Cc3cccc(F)c3)CC2)no1. The Balaban J connectivity index is 1.49. The van der Waals surface area contributed by atoms with Crippen molar-refractivity contribution in [2.45, 2.75) is 19.9 Å². The van der Waals surface area contributed by atoms with E-state index in [9.17, 15) is 9.18 Å². The minimum absolute atomic E-state index is 0.0486. The number of piperazine rings is 1.